The molecule has 0 aliphatic rings. The number of hydrogen-bond acceptors (Lipinski definition) is 2. The quantitative estimate of drug-likeness (QED) is 0.743. The van der Waals surface area contributed by atoms with Gasteiger partial charge in [0.05, 0.1) is 11.1 Å². The lowest BCUT2D eigenvalue weighted by molar-refractivity contribution is 0.0954. The maximum absolute atomic E-state index is 12.3. The lowest BCUT2D eigenvalue weighted by atomic mass is 10.1. The number of fused-ring (bicyclic) bond motifs is 1. The number of amides is 1. The van der Waals surface area contributed by atoms with Gasteiger partial charge < -0.3 is 5.32 Å². The molecule has 3 rings (SSSR count). The van der Waals surface area contributed by atoms with Gasteiger partial charge in [0.2, 0.25) is 0 Å². The molecule has 0 unspecified atom stereocenters. The van der Waals surface area contributed by atoms with Crippen LogP contribution in [0.4, 0.5) is 0 Å². The van der Waals surface area contributed by atoms with Crippen molar-refractivity contribution in [2.45, 2.75) is 6.42 Å². The minimum Gasteiger partial charge on any atom is -0.352 e. The Labute approximate surface area is 133 Å². The molecule has 0 aliphatic heterocycles. The first kappa shape index (κ1) is 14.5. The molecule has 3 aromatic rings. The van der Waals surface area contributed by atoms with Gasteiger partial charge >= 0.3 is 0 Å². The van der Waals surface area contributed by atoms with Crippen LogP contribution in [0.3, 0.4) is 0 Å². The number of nitrogens with one attached hydrogen (secondary N) is 1. The molecule has 2 aromatic carbocycles. The van der Waals surface area contributed by atoms with Crippen LogP contribution in [0.25, 0.3) is 10.9 Å². The molecule has 110 valence electrons. The summed E-state index contributed by atoms with van der Waals surface area (Å²) in [7, 11) is 0. The van der Waals surface area contributed by atoms with Gasteiger partial charge in [-0.15, -0.1) is 0 Å². The molecule has 0 spiro atoms. The highest BCUT2D eigenvalue weighted by atomic mass is 35.5. The van der Waals surface area contributed by atoms with E-state index in [0.29, 0.717) is 12.1 Å². The molecule has 1 N–H and O–H groups in total. The van der Waals surface area contributed by atoms with Crippen LogP contribution in [0.2, 0.25) is 5.15 Å². The number of nitrogens with zero attached hydrogens (tertiary/aromatic N) is 1. The Kier molecular flexibility index (Phi) is 4.35. The summed E-state index contributed by atoms with van der Waals surface area (Å²) >= 11 is 6.12. The van der Waals surface area contributed by atoms with E-state index in [0.717, 1.165) is 17.3 Å². The molecule has 1 heterocycles. The van der Waals surface area contributed by atoms with E-state index in [1.807, 2.05) is 54.6 Å². The number of carbonyl (C=O) groups is 1. The van der Waals surface area contributed by atoms with Crippen molar-refractivity contribution in [1.82, 2.24) is 10.3 Å². The maximum Gasteiger partial charge on any atom is 0.254 e. The van der Waals surface area contributed by atoms with Crippen LogP contribution >= 0.6 is 11.6 Å². The third-order valence-corrected chi connectivity index (χ3v) is 3.75. The van der Waals surface area contributed by atoms with Crippen molar-refractivity contribution >= 4 is 28.4 Å². The molecule has 0 aliphatic carbocycles. The Bertz CT molecular complexity index is 803. The molecule has 22 heavy (non-hydrogen) atoms. The van der Waals surface area contributed by atoms with E-state index in [-0.39, 0.29) is 11.1 Å². The Morgan fingerprint density at radius 3 is 2.59 bits per heavy atom. The highest BCUT2D eigenvalue weighted by Gasteiger charge is 2.12. The lowest BCUT2D eigenvalue weighted by Crippen LogP contribution is -2.26. The standard InChI is InChI=1S/C18H15ClN2O/c19-17-15(12-14-8-4-5-9-16(14)21-17)18(22)20-11-10-13-6-2-1-3-7-13/h1-9,12H,10-11H2,(H,20,22). The first-order valence-electron chi connectivity index (χ1n) is 7.11. The van der Waals surface area contributed by atoms with Gasteiger partial charge in [0.15, 0.2) is 0 Å². The van der Waals surface area contributed by atoms with Crippen LogP contribution in [0.15, 0.2) is 60.7 Å². The third-order valence-electron chi connectivity index (χ3n) is 3.46. The summed E-state index contributed by atoms with van der Waals surface area (Å²) < 4.78 is 0. The van der Waals surface area contributed by atoms with E-state index in [2.05, 4.69) is 10.3 Å². The van der Waals surface area contributed by atoms with Crippen LogP contribution in [-0.4, -0.2) is 17.4 Å². The number of aromatic nitrogens is 1. The van der Waals surface area contributed by atoms with Crippen LogP contribution < -0.4 is 5.32 Å². The number of carbonyl (C=O) groups excluding carboxylic acids is 1. The molecular formula is C18H15ClN2O. The summed E-state index contributed by atoms with van der Waals surface area (Å²) in [6.07, 6.45) is 0.783. The minimum atomic E-state index is -0.195. The van der Waals surface area contributed by atoms with Crippen LogP contribution in [-0.2, 0) is 6.42 Å². The van der Waals surface area contributed by atoms with E-state index in [1.54, 1.807) is 6.07 Å². The smallest absolute Gasteiger partial charge is 0.254 e. The van der Waals surface area contributed by atoms with Gasteiger partial charge in [0, 0.05) is 11.9 Å². The largest absolute Gasteiger partial charge is 0.352 e. The fourth-order valence-corrected chi connectivity index (χ4v) is 2.54. The predicted octanol–water partition coefficient (Wildman–Crippen LogP) is 3.86. The zero-order valence-corrected chi connectivity index (χ0v) is 12.7. The average molecular weight is 311 g/mol. The van der Waals surface area contributed by atoms with Crippen molar-refractivity contribution in [2.24, 2.45) is 0 Å². The summed E-state index contributed by atoms with van der Waals surface area (Å²) in [5, 5.41) is 4.02. The van der Waals surface area contributed by atoms with Crippen molar-refractivity contribution in [3.8, 4) is 0 Å². The van der Waals surface area contributed by atoms with E-state index in [4.69, 9.17) is 11.6 Å². The van der Waals surface area contributed by atoms with E-state index in [1.165, 1.54) is 5.56 Å². The number of halogens is 1. The third kappa shape index (κ3) is 3.26. The summed E-state index contributed by atoms with van der Waals surface area (Å²) in [5.74, 6) is -0.195. The van der Waals surface area contributed by atoms with Gasteiger partial charge in [0.25, 0.3) is 5.91 Å². The van der Waals surface area contributed by atoms with E-state index >= 15 is 0 Å². The summed E-state index contributed by atoms with van der Waals surface area (Å²) in [5.41, 5.74) is 2.38. The first-order valence-corrected chi connectivity index (χ1v) is 7.49. The molecule has 0 saturated heterocycles. The second kappa shape index (κ2) is 6.58. The molecule has 0 bridgehead atoms. The van der Waals surface area contributed by atoms with Gasteiger partial charge in [0.1, 0.15) is 5.15 Å². The van der Waals surface area contributed by atoms with Gasteiger partial charge in [-0.05, 0) is 24.1 Å². The van der Waals surface area contributed by atoms with Gasteiger partial charge in [-0.2, -0.15) is 0 Å². The van der Waals surface area contributed by atoms with Gasteiger partial charge in [-0.3, -0.25) is 4.79 Å². The molecule has 0 fully saturated rings. The van der Waals surface area contributed by atoms with Crippen LogP contribution in [0, 0.1) is 0 Å². The Morgan fingerprint density at radius 1 is 1.05 bits per heavy atom. The minimum absolute atomic E-state index is 0.195. The maximum atomic E-state index is 12.3. The molecule has 4 heteroatoms. The van der Waals surface area contributed by atoms with Crippen molar-refractivity contribution in [3.63, 3.8) is 0 Å². The molecule has 1 amide bonds. The highest BCUT2D eigenvalue weighted by Crippen LogP contribution is 2.20. The average Bonchev–Trinajstić information content (AvgIpc) is 2.55. The zero-order valence-electron chi connectivity index (χ0n) is 11.9. The van der Waals surface area contributed by atoms with Crippen LogP contribution in [0.5, 0.6) is 0 Å². The van der Waals surface area contributed by atoms with Crippen molar-refractivity contribution in [1.29, 1.82) is 0 Å². The van der Waals surface area contributed by atoms with Crippen LogP contribution in [0.1, 0.15) is 15.9 Å². The fraction of sp³-hybridized carbons (Fsp3) is 0.111. The predicted molar refractivity (Wildman–Crippen MR) is 89.2 cm³/mol. The fourth-order valence-electron chi connectivity index (χ4n) is 2.31. The molecular weight excluding hydrogens is 296 g/mol. The summed E-state index contributed by atoms with van der Waals surface area (Å²) in [4.78, 5) is 16.5. The molecule has 3 nitrogen and oxygen atoms in total. The molecule has 0 atom stereocenters. The van der Waals surface area contributed by atoms with E-state index < -0.39 is 0 Å². The van der Waals surface area contributed by atoms with Crippen molar-refractivity contribution < 1.29 is 4.79 Å². The van der Waals surface area contributed by atoms with Gasteiger partial charge in [-0.1, -0.05) is 60.1 Å². The molecule has 0 saturated carbocycles. The lowest BCUT2D eigenvalue weighted by Gasteiger charge is -2.08. The number of rotatable bonds is 4. The number of hydrogen-bond donors (Lipinski definition) is 1. The van der Waals surface area contributed by atoms with Gasteiger partial charge in [-0.25, -0.2) is 4.98 Å². The second-order valence-corrected chi connectivity index (χ2v) is 5.37. The SMILES string of the molecule is O=C(NCCc1ccccc1)c1cc2ccccc2nc1Cl. The monoisotopic (exact) mass is 310 g/mol. The first-order chi connectivity index (χ1) is 10.7. The number of para-hydroxylation sites is 1. The summed E-state index contributed by atoms with van der Waals surface area (Å²) in [6, 6.07) is 19.4. The topological polar surface area (TPSA) is 42.0 Å². The summed E-state index contributed by atoms with van der Waals surface area (Å²) in [6.45, 7) is 0.562. The Balaban J connectivity index is 1.71. The van der Waals surface area contributed by atoms with E-state index in [9.17, 15) is 4.79 Å². The Hall–Kier alpha value is -2.39. The molecule has 1 aromatic heterocycles. The Morgan fingerprint density at radius 2 is 1.77 bits per heavy atom. The number of benzene rings is 2. The number of pyridine rings is 1. The van der Waals surface area contributed by atoms with Crippen molar-refractivity contribution in [2.75, 3.05) is 6.54 Å². The second-order valence-electron chi connectivity index (χ2n) is 5.01. The normalized spacial score (nSPS) is 10.6. The highest BCUT2D eigenvalue weighted by molar-refractivity contribution is 6.33. The zero-order chi connectivity index (χ0) is 15.4. The molecule has 0 radical (unpaired) electrons. The van der Waals surface area contributed by atoms with Crippen molar-refractivity contribution in [3.05, 3.63) is 76.9 Å².